The SMILES string of the molecule is C#CCn1c(=NC(=O)C2CCCN(S(=O)(=O)c3ccc(C)cc3)C2)sc2cc(S(C)(=O)=O)ccc21. The van der Waals surface area contributed by atoms with Crippen molar-refractivity contribution in [3.05, 3.63) is 52.8 Å². The van der Waals surface area contributed by atoms with Gasteiger partial charge in [0.2, 0.25) is 10.0 Å². The maximum absolute atomic E-state index is 13.1. The zero-order chi connectivity index (χ0) is 25.4. The van der Waals surface area contributed by atoms with E-state index in [2.05, 4.69) is 10.9 Å². The van der Waals surface area contributed by atoms with Gasteiger partial charge >= 0.3 is 0 Å². The minimum Gasteiger partial charge on any atom is -0.305 e. The fourth-order valence-electron chi connectivity index (χ4n) is 4.02. The average Bonchev–Trinajstić information content (AvgIpc) is 3.15. The fraction of sp³-hybridized carbons (Fsp3) is 0.333. The van der Waals surface area contributed by atoms with Gasteiger partial charge in [-0.2, -0.15) is 9.30 Å². The third-order valence-corrected chi connectivity index (χ3v) is 9.96. The Balaban J connectivity index is 1.66. The highest BCUT2D eigenvalue weighted by Crippen LogP contribution is 2.26. The number of nitrogens with zero attached hydrogens (tertiary/aromatic N) is 3. The number of thiazole rings is 1. The van der Waals surface area contributed by atoms with Crippen LogP contribution in [0, 0.1) is 25.2 Å². The number of carbonyl (C=O) groups excluding carboxylic acids is 1. The summed E-state index contributed by atoms with van der Waals surface area (Å²) in [7, 11) is -7.12. The maximum Gasteiger partial charge on any atom is 0.252 e. The number of sulfonamides is 1. The predicted molar refractivity (Wildman–Crippen MR) is 135 cm³/mol. The van der Waals surface area contributed by atoms with Gasteiger partial charge in [0, 0.05) is 19.3 Å². The summed E-state index contributed by atoms with van der Waals surface area (Å²) in [6, 6.07) is 11.3. The number of aromatic nitrogens is 1. The molecule has 1 fully saturated rings. The number of aryl methyl sites for hydroxylation is 1. The van der Waals surface area contributed by atoms with Gasteiger partial charge in [0.1, 0.15) is 0 Å². The fourth-order valence-corrected chi connectivity index (χ4v) is 7.34. The van der Waals surface area contributed by atoms with Crippen molar-refractivity contribution in [2.24, 2.45) is 10.9 Å². The van der Waals surface area contributed by atoms with Crippen molar-refractivity contribution >= 4 is 47.3 Å². The zero-order valence-electron chi connectivity index (χ0n) is 19.3. The van der Waals surface area contributed by atoms with Gasteiger partial charge in [-0.25, -0.2) is 16.8 Å². The molecule has 0 N–H and O–H groups in total. The van der Waals surface area contributed by atoms with E-state index in [4.69, 9.17) is 6.42 Å². The molecule has 0 saturated carbocycles. The molecule has 1 aromatic heterocycles. The lowest BCUT2D eigenvalue weighted by atomic mass is 9.99. The van der Waals surface area contributed by atoms with Gasteiger partial charge in [-0.05, 0) is 50.1 Å². The number of piperidine rings is 1. The number of hydrogen-bond donors (Lipinski definition) is 0. The lowest BCUT2D eigenvalue weighted by Crippen LogP contribution is -2.42. The van der Waals surface area contributed by atoms with E-state index in [9.17, 15) is 21.6 Å². The van der Waals surface area contributed by atoms with Crippen LogP contribution in [0.25, 0.3) is 10.2 Å². The van der Waals surface area contributed by atoms with E-state index in [1.165, 1.54) is 21.7 Å². The van der Waals surface area contributed by atoms with E-state index in [0.717, 1.165) is 11.8 Å². The first kappa shape index (κ1) is 25.3. The van der Waals surface area contributed by atoms with Crippen molar-refractivity contribution in [1.29, 1.82) is 0 Å². The molecule has 0 radical (unpaired) electrons. The molecule has 11 heteroatoms. The van der Waals surface area contributed by atoms with Crippen molar-refractivity contribution in [1.82, 2.24) is 8.87 Å². The lowest BCUT2D eigenvalue weighted by Gasteiger charge is -2.30. The Kier molecular flexibility index (Phi) is 7.02. The number of benzene rings is 2. The summed E-state index contributed by atoms with van der Waals surface area (Å²) in [6.07, 6.45) is 7.73. The second-order valence-corrected chi connectivity index (χ2v) is 13.5. The molecule has 1 unspecified atom stereocenters. The normalized spacial score (nSPS) is 18.0. The second kappa shape index (κ2) is 9.70. The molecule has 8 nitrogen and oxygen atoms in total. The number of amides is 1. The number of rotatable bonds is 5. The van der Waals surface area contributed by atoms with Crippen molar-refractivity contribution in [2.45, 2.75) is 36.1 Å². The molecule has 35 heavy (non-hydrogen) atoms. The van der Waals surface area contributed by atoms with E-state index >= 15 is 0 Å². The molecule has 3 aromatic rings. The smallest absolute Gasteiger partial charge is 0.252 e. The summed E-state index contributed by atoms with van der Waals surface area (Å²) < 4.78 is 53.8. The van der Waals surface area contributed by atoms with Crippen LogP contribution in [0.3, 0.4) is 0 Å². The molecule has 2 heterocycles. The molecule has 1 amide bonds. The quantitative estimate of drug-likeness (QED) is 0.471. The van der Waals surface area contributed by atoms with E-state index in [1.54, 1.807) is 41.0 Å². The van der Waals surface area contributed by atoms with Crippen LogP contribution in [0.15, 0.2) is 57.2 Å². The third kappa shape index (κ3) is 5.26. The molecular formula is C24H25N3O5S3. The molecule has 1 aliphatic heterocycles. The average molecular weight is 532 g/mol. The highest BCUT2D eigenvalue weighted by Gasteiger charge is 2.33. The molecular weight excluding hydrogens is 506 g/mol. The van der Waals surface area contributed by atoms with Crippen molar-refractivity contribution in [3.8, 4) is 12.3 Å². The van der Waals surface area contributed by atoms with Gasteiger partial charge in [0.25, 0.3) is 5.91 Å². The van der Waals surface area contributed by atoms with Gasteiger partial charge in [-0.1, -0.05) is 35.0 Å². The zero-order valence-corrected chi connectivity index (χ0v) is 21.8. The molecule has 0 aliphatic carbocycles. The summed E-state index contributed by atoms with van der Waals surface area (Å²) in [4.78, 5) is 18.2. The van der Waals surface area contributed by atoms with Crippen molar-refractivity contribution in [3.63, 3.8) is 0 Å². The van der Waals surface area contributed by atoms with E-state index in [0.29, 0.717) is 34.4 Å². The summed E-state index contributed by atoms with van der Waals surface area (Å²) in [5, 5.41) is 0. The molecule has 1 saturated heterocycles. The monoisotopic (exact) mass is 531 g/mol. The number of sulfone groups is 1. The van der Waals surface area contributed by atoms with Crippen LogP contribution < -0.4 is 4.80 Å². The van der Waals surface area contributed by atoms with Gasteiger partial charge < -0.3 is 4.57 Å². The number of carbonyl (C=O) groups is 1. The predicted octanol–water partition coefficient (Wildman–Crippen LogP) is 2.58. The Bertz CT molecular complexity index is 1610. The summed E-state index contributed by atoms with van der Waals surface area (Å²) in [5.41, 5.74) is 1.64. The first-order valence-electron chi connectivity index (χ1n) is 10.9. The molecule has 1 atom stereocenters. The Labute approximate surface area is 208 Å². The first-order valence-corrected chi connectivity index (χ1v) is 15.1. The first-order chi connectivity index (χ1) is 16.5. The van der Waals surface area contributed by atoms with E-state index < -0.39 is 31.7 Å². The number of fused-ring (bicyclic) bond motifs is 1. The molecule has 2 aromatic carbocycles. The van der Waals surface area contributed by atoms with Crippen LogP contribution in [0.1, 0.15) is 18.4 Å². The minimum absolute atomic E-state index is 0.0524. The maximum atomic E-state index is 13.1. The summed E-state index contributed by atoms with van der Waals surface area (Å²) in [6.45, 7) is 2.43. The van der Waals surface area contributed by atoms with Crippen LogP contribution in [0.4, 0.5) is 0 Å². The van der Waals surface area contributed by atoms with Crippen LogP contribution in [-0.2, 0) is 31.2 Å². The standard InChI is InChI=1S/C24H25N3O5S3/c1-4-13-27-21-12-11-20(34(3,29)30)15-22(21)33-24(27)25-23(28)18-6-5-14-26(16-18)35(31,32)19-9-7-17(2)8-10-19/h1,7-12,15,18H,5-6,13-14,16H2,2-3H3. The van der Waals surface area contributed by atoms with Gasteiger partial charge in [0.15, 0.2) is 14.6 Å². The Morgan fingerprint density at radius 1 is 1.14 bits per heavy atom. The third-order valence-electron chi connectivity index (χ3n) is 5.93. The number of terminal acetylenes is 1. The largest absolute Gasteiger partial charge is 0.305 e. The second-order valence-electron chi connectivity index (χ2n) is 8.54. The van der Waals surface area contributed by atoms with Gasteiger partial charge in [-0.3, -0.25) is 4.79 Å². The molecule has 0 spiro atoms. The molecule has 184 valence electrons. The van der Waals surface area contributed by atoms with Gasteiger partial charge in [-0.15, -0.1) is 6.42 Å². The lowest BCUT2D eigenvalue weighted by molar-refractivity contribution is -0.122. The van der Waals surface area contributed by atoms with E-state index in [-0.39, 0.29) is 22.9 Å². The topological polar surface area (TPSA) is 106 Å². The van der Waals surface area contributed by atoms with Crippen LogP contribution in [0.2, 0.25) is 0 Å². The van der Waals surface area contributed by atoms with Gasteiger partial charge in [0.05, 0.1) is 32.5 Å². The highest BCUT2D eigenvalue weighted by atomic mass is 32.2. The van der Waals surface area contributed by atoms with E-state index in [1.807, 2.05) is 6.92 Å². The van der Waals surface area contributed by atoms with Crippen molar-refractivity contribution in [2.75, 3.05) is 19.3 Å². The summed E-state index contributed by atoms with van der Waals surface area (Å²) in [5.74, 6) is 1.54. The van der Waals surface area contributed by atoms with Crippen LogP contribution in [-0.4, -0.2) is 51.0 Å². The van der Waals surface area contributed by atoms with Crippen LogP contribution in [0.5, 0.6) is 0 Å². The highest BCUT2D eigenvalue weighted by molar-refractivity contribution is 7.90. The molecule has 1 aliphatic rings. The number of hydrogen-bond acceptors (Lipinski definition) is 6. The Hall–Kier alpha value is -2.78. The molecule has 0 bridgehead atoms. The molecule has 4 rings (SSSR count). The Morgan fingerprint density at radius 2 is 1.83 bits per heavy atom. The Morgan fingerprint density at radius 3 is 2.49 bits per heavy atom. The summed E-state index contributed by atoms with van der Waals surface area (Å²) >= 11 is 1.17. The minimum atomic E-state index is -3.72. The van der Waals surface area contributed by atoms with Crippen LogP contribution >= 0.6 is 11.3 Å². The van der Waals surface area contributed by atoms with Crippen molar-refractivity contribution < 1.29 is 21.6 Å².